The highest BCUT2D eigenvalue weighted by atomic mass is 35.5. The third-order valence-corrected chi connectivity index (χ3v) is 2.79. The number of piperazine rings is 1. The van der Waals surface area contributed by atoms with Crippen molar-refractivity contribution in [1.82, 2.24) is 15.2 Å². The zero-order chi connectivity index (χ0) is 11.5. The van der Waals surface area contributed by atoms with Gasteiger partial charge in [-0.05, 0) is 6.07 Å². The Hall–Kier alpha value is -1.33. The number of pyridine rings is 1. The molecule has 1 aliphatic heterocycles. The Balaban J connectivity index is 2.19. The van der Waals surface area contributed by atoms with Crippen molar-refractivity contribution in [2.75, 3.05) is 26.2 Å². The van der Waals surface area contributed by atoms with E-state index in [9.17, 15) is 9.59 Å². The van der Waals surface area contributed by atoms with E-state index in [0.29, 0.717) is 18.7 Å². The zero-order valence-corrected chi connectivity index (χ0v) is 9.38. The Morgan fingerprint density at radius 3 is 2.69 bits per heavy atom. The molecular formula is C10H12ClN3O2. The van der Waals surface area contributed by atoms with Crippen LogP contribution >= 0.6 is 11.6 Å². The van der Waals surface area contributed by atoms with Gasteiger partial charge in [-0.15, -0.1) is 0 Å². The number of aromatic amines is 1. The van der Waals surface area contributed by atoms with Crippen molar-refractivity contribution in [3.8, 4) is 0 Å². The molecule has 0 unspecified atom stereocenters. The van der Waals surface area contributed by atoms with E-state index in [1.54, 1.807) is 4.90 Å². The van der Waals surface area contributed by atoms with E-state index < -0.39 is 0 Å². The number of aromatic nitrogens is 1. The lowest BCUT2D eigenvalue weighted by Crippen LogP contribution is -2.46. The van der Waals surface area contributed by atoms with Gasteiger partial charge in [0.05, 0.1) is 5.56 Å². The van der Waals surface area contributed by atoms with Gasteiger partial charge in [-0.1, -0.05) is 11.6 Å². The summed E-state index contributed by atoms with van der Waals surface area (Å²) in [6.45, 7) is 2.94. The highest BCUT2D eigenvalue weighted by molar-refractivity contribution is 6.30. The number of hydrogen-bond donors (Lipinski definition) is 2. The molecule has 2 heterocycles. The molecule has 2 N–H and O–H groups in total. The minimum absolute atomic E-state index is 0.0426. The summed E-state index contributed by atoms with van der Waals surface area (Å²) in [5.74, 6) is -0.0975. The molecule has 0 bridgehead atoms. The average molecular weight is 242 g/mol. The van der Waals surface area contributed by atoms with Crippen molar-refractivity contribution in [2.45, 2.75) is 0 Å². The van der Waals surface area contributed by atoms with Crippen LogP contribution in [-0.4, -0.2) is 42.0 Å². The predicted octanol–water partition coefficient (Wildman–Crippen LogP) is 0.0737. The smallest absolute Gasteiger partial charge is 0.266 e. The van der Waals surface area contributed by atoms with Crippen LogP contribution in [0.15, 0.2) is 17.1 Å². The number of nitrogens with one attached hydrogen (secondary N) is 2. The summed E-state index contributed by atoms with van der Waals surface area (Å²) in [7, 11) is 0. The Labute approximate surface area is 97.4 Å². The standard InChI is InChI=1S/C10H12ClN3O2/c11-8-5-7(6-13-9(8)15)10(16)14-3-1-12-2-4-14/h5-6,12H,1-4H2,(H,13,15). The van der Waals surface area contributed by atoms with Gasteiger partial charge in [0, 0.05) is 32.4 Å². The number of carbonyl (C=O) groups is 1. The van der Waals surface area contributed by atoms with Crippen molar-refractivity contribution in [2.24, 2.45) is 0 Å². The lowest BCUT2D eigenvalue weighted by atomic mass is 10.2. The fourth-order valence-corrected chi connectivity index (χ4v) is 1.80. The van der Waals surface area contributed by atoms with Crippen LogP contribution in [0.5, 0.6) is 0 Å². The molecule has 1 aromatic rings. The molecule has 2 rings (SSSR count). The van der Waals surface area contributed by atoms with E-state index in [1.165, 1.54) is 12.3 Å². The van der Waals surface area contributed by atoms with Gasteiger partial charge < -0.3 is 15.2 Å². The van der Waals surface area contributed by atoms with Gasteiger partial charge in [-0.2, -0.15) is 0 Å². The van der Waals surface area contributed by atoms with Crippen LogP contribution in [-0.2, 0) is 0 Å². The first-order valence-electron chi connectivity index (χ1n) is 5.07. The molecule has 0 radical (unpaired) electrons. The van der Waals surface area contributed by atoms with E-state index in [2.05, 4.69) is 10.3 Å². The van der Waals surface area contributed by atoms with Crippen LogP contribution in [0.2, 0.25) is 5.02 Å². The van der Waals surface area contributed by atoms with Crippen LogP contribution in [0.3, 0.4) is 0 Å². The second-order valence-corrected chi connectivity index (χ2v) is 4.01. The largest absolute Gasteiger partial charge is 0.336 e. The van der Waals surface area contributed by atoms with Gasteiger partial charge >= 0.3 is 0 Å². The fourth-order valence-electron chi connectivity index (χ4n) is 1.63. The Morgan fingerprint density at radius 2 is 2.06 bits per heavy atom. The number of amides is 1. The highest BCUT2D eigenvalue weighted by Gasteiger charge is 2.18. The van der Waals surface area contributed by atoms with E-state index in [1.807, 2.05) is 0 Å². The van der Waals surface area contributed by atoms with Gasteiger partial charge in [-0.3, -0.25) is 9.59 Å². The lowest BCUT2D eigenvalue weighted by Gasteiger charge is -2.27. The third-order valence-electron chi connectivity index (χ3n) is 2.51. The van der Waals surface area contributed by atoms with Crippen LogP contribution in [0, 0.1) is 0 Å². The summed E-state index contributed by atoms with van der Waals surface area (Å²) in [6.07, 6.45) is 1.40. The maximum atomic E-state index is 12.0. The second-order valence-electron chi connectivity index (χ2n) is 3.61. The first-order chi connectivity index (χ1) is 7.68. The molecule has 0 aliphatic carbocycles. The van der Waals surface area contributed by atoms with Crippen molar-refractivity contribution in [3.05, 3.63) is 33.2 Å². The molecule has 0 saturated carbocycles. The first-order valence-corrected chi connectivity index (χ1v) is 5.44. The number of halogens is 1. The van der Waals surface area contributed by atoms with E-state index >= 15 is 0 Å². The molecule has 5 nitrogen and oxygen atoms in total. The fraction of sp³-hybridized carbons (Fsp3) is 0.400. The molecule has 1 fully saturated rings. The van der Waals surface area contributed by atoms with Crippen molar-refractivity contribution in [1.29, 1.82) is 0 Å². The SMILES string of the molecule is O=C(c1c[nH]c(=O)c(Cl)c1)N1CCNCC1. The molecule has 1 aliphatic rings. The van der Waals surface area contributed by atoms with Gasteiger partial charge in [0.25, 0.3) is 11.5 Å². The summed E-state index contributed by atoms with van der Waals surface area (Å²) in [5.41, 5.74) is 0.0463. The summed E-state index contributed by atoms with van der Waals surface area (Å²) in [6, 6.07) is 1.41. The number of carbonyl (C=O) groups excluding carboxylic acids is 1. The highest BCUT2D eigenvalue weighted by Crippen LogP contribution is 2.08. The van der Waals surface area contributed by atoms with Gasteiger partial charge in [0.1, 0.15) is 5.02 Å². The van der Waals surface area contributed by atoms with Gasteiger partial charge in [0.2, 0.25) is 0 Å². The number of rotatable bonds is 1. The predicted molar refractivity (Wildman–Crippen MR) is 60.8 cm³/mol. The normalized spacial score (nSPS) is 16.2. The van der Waals surface area contributed by atoms with Crippen LogP contribution in [0.25, 0.3) is 0 Å². The number of H-pyrrole nitrogens is 1. The van der Waals surface area contributed by atoms with Crippen LogP contribution < -0.4 is 10.9 Å². The molecule has 1 aromatic heterocycles. The Bertz CT molecular complexity index is 452. The number of nitrogens with zero attached hydrogens (tertiary/aromatic N) is 1. The monoisotopic (exact) mass is 241 g/mol. The van der Waals surface area contributed by atoms with Gasteiger partial charge in [0.15, 0.2) is 0 Å². The molecule has 86 valence electrons. The van der Waals surface area contributed by atoms with Crippen molar-refractivity contribution in [3.63, 3.8) is 0 Å². The zero-order valence-electron chi connectivity index (χ0n) is 8.62. The minimum atomic E-state index is -0.376. The summed E-state index contributed by atoms with van der Waals surface area (Å²) in [4.78, 5) is 27.2. The summed E-state index contributed by atoms with van der Waals surface area (Å²) < 4.78 is 0. The molecule has 0 atom stereocenters. The van der Waals surface area contributed by atoms with Crippen LogP contribution in [0.1, 0.15) is 10.4 Å². The molecule has 1 amide bonds. The second kappa shape index (κ2) is 4.67. The minimum Gasteiger partial charge on any atom is -0.336 e. The number of hydrogen-bond acceptors (Lipinski definition) is 3. The maximum absolute atomic E-state index is 12.0. The van der Waals surface area contributed by atoms with E-state index in [0.717, 1.165) is 13.1 Å². The van der Waals surface area contributed by atoms with Crippen molar-refractivity contribution < 1.29 is 4.79 Å². The van der Waals surface area contributed by atoms with E-state index in [4.69, 9.17) is 11.6 Å². The Kier molecular flexibility index (Phi) is 3.26. The Morgan fingerprint density at radius 1 is 1.38 bits per heavy atom. The quantitative estimate of drug-likeness (QED) is 0.732. The van der Waals surface area contributed by atoms with Crippen molar-refractivity contribution >= 4 is 17.5 Å². The van der Waals surface area contributed by atoms with Crippen LogP contribution in [0.4, 0.5) is 0 Å². The molecule has 6 heteroatoms. The summed E-state index contributed by atoms with van der Waals surface area (Å²) >= 11 is 5.67. The molecule has 0 spiro atoms. The topological polar surface area (TPSA) is 65.2 Å². The van der Waals surface area contributed by atoms with E-state index in [-0.39, 0.29) is 16.5 Å². The molecule has 0 aromatic carbocycles. The molecule has 1 saturated heterocycles. The van der Waals surface area contributed by atoms with Gasteiger partial charge in [-0.25, -0.2) is 0 Å². The molecule has 16 heavy (non-hydrogen) atoms. The average Bonchev–Trinajstić information content (AvgIpc) is 2.33. The lowest BCUT2D eigenvalue weighted by molar-refractivity contribution is 0.0735. The molecular weight excluding hydrogens is 230 g/mol. The summed E-state index contributed by atoms with van der Waals surface area (Å²) in [5, 5.41) is 3.21. The first kappa shape index (κ1) is 11.2. The third kappa shape index (κ3) is 2.25. The maximum Gasteiger partial charge on any atom is 0.266 e.